The SMILES string of the molecule is CC1(CN2CCC(N=C/C(=C\N)Cc3ccc4c5c(cccc35)C(=O)N4)CC2)CC1. The normalized spacial score (nSPS) is 21.5. The minimum atomic E-state index is -0.0223. The zero-order valence-electron chi connectivity index (χ0n) is 17.7. The Bertz CT molecular complexity index is 1040. The molecule has 0 spiro atoms. The third-order valence-corrected chi connectivity index (χ3v) is 6.95. The number of amides is 1. The van der Waals surface area contributed by atoms with Gasteiger partial charge < -0.3 is 16.0 Å². The summed E-state index contributed by atoms with van der Waals surface area (Å²) in [6.07, 6.45) is 9.37. The Labute approximate surface area is 178 Å². The molecule has 2 aromatic carbocycles. The molecule has 2 aliphatic heterocycles. The molecule has 5 rings (SSSR count). The number of carbonyl (C=O) groups is 1. The van der Waals surface area contributed by atoms with Crippen molar-refractivity contribution in [2.24, 2.45) is 16.1 Å². The van der Waals surface area contributed by atoms with E-state index in [1.165, 1.54) is 24.9 Å². The third kappa shape index (κ3) is 3.74. The van der Waals surface area contributed by atoms with E-state index in [0.717, 1.165) is 53.5 Å². The van der Waals surface area contributed by atoms with Crippen molar-refractivity contribution in [3.05, 3.63) is 53.2 Å². The summed E-state index contributed by atoms with van der Waals surface area (Å²) < 4.78 is 0. The average molecular weight is 403 g/mol. The predicted molar refractivity (Wildman–Crippen MR) is 123 cm³/mol. The van der Waals surface area contributed by atoms with E-state index in [-0.39, 0.29) is 5.91 Å². The molecule has 1 saturated heterocycles. The number of anilines is 1. The van der Waals surface area contributed by atoms with Gasteiger partial charge in [-0.3, -0.25) is 9.79 Å². The average Bonchev–Trinajstić information content (AvgIpc) is 3.39. The van der Waals surface area contributed by atoms with Gasteiger partial charge in [0.2, 0.25) is 0 Å². The number of nitrogens with two attached hydrogens (primary N) is 1. The Morgan fingerprint density at radius 3 is 2.80 bits per heavy atom. The summed E-state index contributed by atoms with van der Waals surface area (Å²) in [7, 11) is 0. The van der Waals surface area contributed by atoms with Crippen LogP contribution in [-0.2, 0) is 6.42 Å². The van der Waals surface area contributed by atoms with Crippen LogP contribution in [0.1, 0.15) is 48.5 Å². The first-order valence-electron chi connectivity index (χ1n) is 11.1. The van der Waals surface area contributed by atoms with Crippen LogP contribution in [0.2, 0.25) is 0 Å². The van der Waals surface area contributed by atoms with E-state index < -0.39 is 0 Å². The zero-order valence-corrected chi connectivity index (χ0v) is 17.7. The molecule has 0 atom stereocenters. The first-order chi connectivity index (χ1) is 14.5. The van der Waals surface area contributed by atoms with E-state index in [1.807, 2.05) is 24.4 Å². The summed E-state index contributed by atoms with van der Waals surface area (Å²) in [5.74, 6) is -0.0223. The number of nitrogens with one attached hydrogen (secondary N) is 1. The molecule has 1 amide bonds. The molecule has 0 aromatic heterocycles. The highest BCUT2D eigenvalue weighted by Gasteiger charge is 2.39. The fraction of sp³-hybridized carbons (Fsp3) is 0.440. The fourth-order valence-corrected chi connectivity index (χ4v) is 4.81. The minimum absolute atomic E-state index is 0.0223. The zero-order chi connectivity index (χ0) is 20.7. The van der Waals surface area contributed by atoms with Gasteiger partial charge in [-0.1, -0.05) is 25.1 Å². The Morgan fingerprint density at radius 2 is 2.07 bits per heavy atom. The van der Waals surface area contributed by atoms with Crippen LogP contribution in [0, 0.1) is 5.41 Å². The predicted octanol–water partition coefficient (Wildman–Crippen LogP) is 4.13. The van der Waals surface area contributed by atoms with Gasteiger partial charge in [-0.2, -0.15) is 0 Å². The lowest BCUT2D eigenvalue weighted by Gasteiger charge is -2.32. The van der Waals surface area contributed by atoms with Crippen molar-refractivity contribution in [1.82, 2.24) is 4.90 Å². The summed E-state index contributed by atoms with van der Waals surface area (Å²) in [5.41, 5.74) is 10.4. The Morgan fingerprint density at radius 1 is 1.27 bits per heavy atom. The minimum Gasteiger partial charge on any atom is -0.404 e. The van der Waals surface area contributed by atoms with Crippen LogP contribution in [0.4, 0.5) is 5.69 Å². The molecule has 30 heavy (non-hydrogen) atoms. The molecule has 2 aromatic rings. The van der Waals surface area contributed by atoms with Crippen LogP contribution < -0.4 is 11.1 Å². The Hall–Kier alpha value is -2.66. The van der Waals surface area contributed by atoms with Crippen molar-refractivity contribution in [1.29, 1.82) is 0 Å². The molecule has 2 heterocycles. The van der Waals surface area contributed by atoms with E-state index in [4.69, 9.17) is 10.7 Å². The van der Waals surface area contributed by atoms with Gasteiger partial charge in [-0.15, -0.1) is 0 Å². The van der Waals surface area contributed by atoms with Gasteiger partial charge in [0, 0.05) is 48.9 Å². The van der Waals surface area contributed by atoms with Gasteiger partial charge in [0.05, 0.1) is 6.04 Å². The second-order valence-electron chi connectivity index (χ2n) is 9.47. The topological polar surface area (TPSA) is 70.7 Å². The second-order valence-corrected chi connectivity index (χ2v) is 9.47. The molecule has 156 valence electrons. The number of rotatable bonds is 6. The van der Waals surface area contributed by atoms with Crippen molar-refractivity contribution in [2.45, 2.75) is 45.1 Å². The maximum atomic E-state index is 12.1. The van der Waals surface area contributed by atoms with E-state index in [0.29, 0.717) is 17.9 Å². The molecule has 3 N–H and O–H groups in total. The number of piperidine rings is 1. The lowest BCUT2D eigenvalue weighted by Crippen LogP contribution is -2.38. The maximum absolute atomic E-state index is 12.1. The van der Waals surface area contributed by atoms with Gasteiger partial charge in [0.25, 0.3) is 5.91 Å². The maximum Gasteiger partial charge on any atom is 0.256 e. The smallest absolute Gasteiger partial charge is 0.256 e. The monoisotopic (exact) mass is 402 g/mol. The molecular weight excluding hydrogens is 372 g/mol. The number of hydrogen-bond donors (Lipinski definition) is 2. The molecule has 0 unspecified atom stereocenters. The number of carbonyl (C=O) groups excluding carboxylic acids is 1. The molecule has 3 aliphatic rings. The van der Waals surface area contributed by atoms with Crippen molar-refractivity contribution in [3.8, 4) is 0 Å². The summed E-state index contributed by atoms with van der Waals surface area (Å²) in [5, 5.41) is 5.07. The highest BCUT2D eigenvalue weighted by Crippen LogP contribution is 2.45. The lowest BCUT2D eigenvalue weighted by atomic mass is 9.96. The van der Waals surface area contributed by atoms with Crippen LogP contribution in [0.3, 0.4) is 0 Å². The lowest BCUT2D eigenvalue weighted by molar-refractivity contribution is 0.103. The molecule has 0 bridgehead atoms. The fourth-order valence-electron chi connectivity index (χ4n) is 4.81. The summed E-state index contributed by atoms with van der Waals surface area (Å²) in [6.45, 7) is 5.95. The Balaban J connectivity index is 1.25. The van der Waals surface area contributed by atoms with Crippen LogP contribution in [0.5, 0.6) is 0 Å². The highest BCUT2D eigenvalue weighted by atomic mass is 16.1. The molecule has 0 radical (unpaired) electrons. The number of likely N-dealkylation sites (tertiary alicyclic amines) is 1. The molecule has 2 fully saturated rings. The van der Waals surface area contributed by atoms with Crippen molar-refractivity contribution in [3.63, 3.8) is 0 Å². The first kappa shape index (κ1) is 19.3. The van der Waals surface area contributed by atoms with E-state index in [2.05, 4.69) is 29.3 Å². The largest absolute Gasteiger partial charge is 0.404 e. The summed E-state index contributed by atoms with van der Waals surface area (Å²) in [6, 6.07) is 10.4. The molecule has 5 nitrogen and oxygen atoms in total. The van der Waals surface area contributed by atoms with Gasteiger partial charge in [0.15, 0.2) is 0 Å². The summed E-state index contributed by atoms with van der Waals surface area (Å²) in [4.78, 5) is 19.6. The number of aliphatic imine (C=N–C) groups is 1. The molecule has 1 aliphatic carbocycles. The van der Waals surface area contributed by atoms with E-state index in [1.54, 1.807) is 6.20 Å². The number of hydrogen-bond acceptors (Lipinski definition) is 4. The quantitative estimate of drug-likeness (QED) is 0.714. The first-order valence-corrected chi connectivity index (χ1v) is 11.1. The standard InChI is InChI=1S/C25H30N4O/c1-25(9-10-25)16-29-11-7-19(8-12-29)27-15-17(14-26)13-18-5-6-22-23-20(18)3-2-4-21(23)24(30)28-22/h2-6,14-15,19H,7-13,16,26H2,1H3,(H,28,30)/b17-14-,27-15?. The second kappa shape index (κ2) is 7.55. The third-order valence-electron chi connectivity index (χ3n) is 6.95. The van der Waals surface area contributed by atoms with Crippen LogP contribution >= 0.6 is 0 Å². The van der Waals surface area contributed by atoms with Crippen molar-refractivity contribution < 1.29 is 4.79 Å². The summed E-state index contributed by atoms with van der Waals surface area (Å²) >= 11 is 0. The number of nitrogens with zero attached hydrogens (tertiary/aromatic N) is 2. The van der Waals surface area contributed by atoms with Gasteiger partial charge in [0.1, 0.15) is 0 Å². The van der Waals surface area contributed by atoms with Crippen molar-refractivity contribution in [2.75, 3.05) is 25.0 Å². The van der Waals surface area contributed by atoms with Gasteiger partial charge >= 0.3 is 0 Å². The molecular formula is C25H30N4O. The number of benzene rings is 2. The van der Waals surface area contributed by atoms with Crippen LogP contribution in [-0.4, -0.2) is 42.7 Å². The highest BCUT2D eigenvalue weighted by molar-refractivity contribution is 6.24. The van der Waals surface area contributed by atoms with Crippen LogP contribution in [0.25, 0.3) is 10.8 Å². The van der Waals surface area contributed by atoms with Crippen molar-refractivity contribution >= 4 is 28.6 Å². The molecule has 1 saturated carbocycles. The van der Waals surface area contributed by atoms with E-state index >= 15 is 0 Å². The van der Waals surface area contributed by atoms with Crippen LogP contribution in [0.15, 0.2) is 47.1 Å². The van der Waals surface area contributed by atoms with E-state index in [9.17, 15) is 4.79 Å². The Kier molecular flexibility index (Phi) is 4.86. The van der Waals surface area contributed by atoms with Gasteiger partial charge in [-0.25, -0.2) is 0 Å². The number of allylic oxidation sites excluding steroid dienone is 1. The molecule has 5 heteroatoms. The van der Waals surface area contributed by atoms with Gasteiger partial charge in [-0.05, 0) is 66.0 Å².